The number of halogens is 2. The van der Waals surface area contributed by atoms with Gasteiger partial charge >= 0.3 is 0 Å². The summed E-state index contributed by atoms with van der Waals surface area (Å²) in [6.07, 6.45) is 1.69. The maximum Gasteiger partial charge on any atom is 0.140 e. The predicted octanol–water partition coefficient (Wildman–Crippen LogP) is 2.43. The summed E-state index contributed by atoms with van der Waals surface area (Å²) in [5.41, 5.74) is 1.55. The Bertz CT molecular complexity index is 250. The summed E-state index contributed by atoms with van der Waals surface area (Å²) >= 11 is 3.28. The van der Waals surface area contributed by atoms with Gasteiger partial charge in [-0.05, 0) is 11.6 Å². The van der Waals surface area contributed by atoms with Crippen LogP contribution in [0.1, 0.15) is 11.3 Å². The molecule has 2 nitrogen and oxygen atoms in total. The molecule has 0 aliphatic heterocycles. The van der Waals surface area contributed by atoms with Crippen molar-refractivity contribution in [3.8, 4) is 6.07 Å². The molecule has 0 saturated heterocycles. The van der Waals surface area contributed by atoms with Gasteiger partial charge < -0.3 is 0 Å². The fourth-order valence-corrected chi connectivity index (χ4v) is 0.901. The van der Waals surface area contributed by atoms with Gasteiger partial charge in [-0.25, -0.2) is 4.98 Å². The number of nitriles is 1. The first-order valence-corrected chi connectivity index (χ1v) is 3.90. The number of pyridine rings is 1. The van der Waals surface area contributed by atoms with Gasteiger partial charge in [0, 0.05) is 11.5 Å². The van der Waals surface area contributed by atoms with Gasteiger partial charge in [0.2, 0.25) is 0 Å². The Kier molecular flexibility index (Phi) is 5.08. The molecular weight excluding hydrogens is 272 g/mol. The topological polar surface area (TPSA) is 36.7 Å². The summed E-state index contributed by atoms with van der Waals surface area (Å²) in [6.45, 7) is 0. The summed E-state index contributed by atoms with van der Waals surface area (Å²) in [5, 5.41) is 9.16. The largest absolute Gasteiger partial charge is 0.245 e. The van der Waals surface area contributed by atoms with E-state index in [1.807, 2.05) is 12.1 Å². The van der Waals surface area contributed by atoms with E-state index in [-0.39, 0.29) is 17.0 Å². The van der Waals surface area contributed by atoms with Crippen molar-refractivity contribution in [3.63, 3.8) is 0 Å². The SMILES string of the molecule is Br.N#Cc1ccc(CBr)cn1. The highest BCUT2D eigenvalue weighted by molar-refractivity contribution is 9.08. The molecule has 0 atom stereocenters. The predicted molar refractivity (Wildman–Crippen MR) is 51.9 cm³/mol. The lowest BCUT2D eigenvalue weighted by Gasteiger charge is -1.91. The van der Waals surface area contributed by atoms with Crippen molar-refractivity contribution >= 4 is 32.9 Å². The summed E-state index contributed by atoms with van der Waals surface area (Å²) in [6, 6.07) is 5.53. The van der Waals surface area contributed by atoms with Crippen LogP contribution in [0.5, 0.6) is 0 Å². The molecule has 0 amide bonds. The van der Waals surface area contributed by atoms with E-state index in [4.69, 9.17) is 5.26 Å². The lowest BCUT2D eigenvalue weighted by Crippen LogP contribution is -1.83. The van der Waals surface area contributed by atoms with Crippen LogP contribution in [0.15, 0.2) is 18.3 Å². The van der Waals surface area contributed by atoms with Crippen molar-refractivity contribution in [3.05, 3.63) is 29.6 Å². The highest BCUT2D eigenvalue weighted by atomic mass is 79.9. The molecule has 0 N–H and O–H groups in total. The fraction of sp³-hybridized carbons (Fsp3) is 0.143. The molecule has 0 unspecified atom stereocenters. The minimum absolute atomic E-state index is 0. The van der Waals surface area contributed by atoms with Crippen LogP contribution in [0.4, 0.5) is 0 Å². The Morgan fingerprint density at radius 3 is 2.64 bits per heavy atom. The zero-order chi connectivity index (χ0) is 7.40. The molecule has 0 aromatic carbocycles. The smallest absolute Gasteiger partial charge is 0.140 e. The third-order valence-corrected chi connectivity index (χ3v) is 1.74. The molecule has 0 saturated carbocycles. The molecule has 0 spiro atoms. The molecule has 1 aromatic heterocycles. The third kappa shape index (κ3) is 3.00. The van der Waals surface area contributed by atoms with Crippen LogP contribution in [0.2, 0.25) is 0 Å². The maximum atomic E-state index is 8.38. The number of alkyl halides is 1. The number of hydrogen-bond donors (Lipinski definition) is 0. The zero-order valence-corrected chi connectivity index (χ0v) is 8.92. The first-order valence-electron chi connectivity index (χ1n) is 2.78. The van der Waals surface area contributed by atoms with Crippen LogP contribution in [0.3, 0.4) is 0 Å². The van der Waals surface area contributed by atoms with Crippen LogP contribution in [0.25, 0.3) is 0 Å². The molecule has 1 rings (SSSR count). The molecule has 4 heteroatoms. The second-order valence-electron chi connectivity index (χ2n) is 1.80. The lowest BCUT2D eigenvalue weighted by atomic mass is 10.3. The van der Waals surface area contributed by atoms with Gasteiger partial charge in [-0.2, -0.15) is 5.26 Å². The van der Waals surface area contributed by atoms with Gasteiger partial charge in [0.1, 0.15) is 11.8 Å². The molecule has 0 radical (unpaired) electrons. The van der Waals surface area contributed by atoms with E-state index in [9.17, 15) is 0 Å². The van der Waals surface area contributed by atoms with Gasteiger partial charge in [0.15, 0.2) is 0 Å². The number of hydrogen-bond acceptors (Lipinski definition) is 2. The Labute approximate surface area is 84.2 Å². The Morgan fingerprint density at radius 2 is 2.27 bits per heavy atom. The molecule has 1 aromatic rings. The van der Waals surface area contributed by atoms with Crippen molar-refractivity contribution in [1.82, 2.24) is 4.98 Å². The number of nitrogens with zero attached hydrogens (tertiary/aromatic N) is 2. The summed E-state index contributed by atoms with van der Waals surface area (Å²) in [5.74, 6) is 0. The fourth-order valence-electron chi connectivity index (χ4n) is 0.570. The van der Waals surface area contributed by atoms with Gasteiger partial charge in [0.05, 0.1) is 0 Å². The van der Waals surface area contributed by atoms with Crippen molar-refractivity contribution in [1.29, 1.82) is 5.26 Å². The normalized spacial score (nSPS) is 8.00. The van der Waals surface area contributed by atoms with E-state index in [2.05, 4.69) is 20.9 Å². The molecule has 0 fully saturated rings. The molecular formula is C7H6Br2N2. The van der Waals surface area contributed by atoms with Crippen molar-refractivity contribution in [2.24, 2.45) is 0 Å². The van der Waals surface area contributed by atoms with Crippen LogP contribution < -0.4 is 0 Å². The van der Waals surface area contributed by atoms with Crippen LogP contribution in [-0.4, -0.2) is 4.98 Å². The third-order valence-electron chi connectivity index (χ3n) is 1.09. The van der Waals surface area contributed by atoms with E-state index in [1.54, 1.807) is 12.3 Å². The minimum Gasteiger partial charge on any atom is -0.245 e. The van der Waals surface area contributed by atoms with Crippen LogP contribution in [-0.2, 0) is 5.33 Å². The molecule has 58 valence electrons. The first-order chi connectivity index (χ1) is 4.86. The first kappa shape index (κ1) is 10.6. The summed E-state index contributed by atoms with van der Waals surface area (Å²) in [4.78, 5) is 3.88. The van der Waals surface area contributed by atoms with E-state index in [1.165, 1.54) is 0 Å². The van der Waals surface area contributed by atoms with Gasteiger partial charge in [-0.1, -0.05) is 22.0 Å². The van der Waals surface area contributed by atoms with Crippen molar-refractivity contribution in [2.75, 3.05) is 0 Å². The molecule has 0 bridgehead atoms. The monoisotopic (exact) mass is 276 g/mol. The average Bonchev–Trinajstić information content (AvgIpc) is 2.05. The minimum atomic E-state index is 0. The van der Waals surface area contributed by atoms with Crippen molar-refractivity contribution < 1.29 is 0 Å². The van der Waals surface area contributed by atoms with Crippen molar-refractivity contribution in [2.45, 2.75) is 5.33 Å². The summed E-state index contributed by atoms with van der Waals surface area (Å²) < 4.78 is 0. The molecule has 11 heavy (non-hydrogen) atoms. The van der Waals surface area contributed by atoms with Gasteiger partial charge in [-0.15, -0.1) is 17.0 Å². The van der Waals surface area contributed by atoms with Crippen LogP contribution in [0, 0.1) is 11.3 Å². The zero-order valence-electron chi connectivity index (χ0n) is 5.62. The number of aromatic nitrogens is 1. The second-order valence-corrected chi connectivity index (χ2v) is 2.36. The highest BCUT2D eigenvalue weighted by Crippen LogP contribution is 2.03. The molecule has 1 heterocycles. The number of rotatable bonds is 1. The highest BCUT2D eigenvalue weighted by Gasteiger charge is 1.90. The van der Waals surface area contributed by atoms with E-state index >= 15 is 0 Å². The van der Waals surface area contributed by atoms with Gasteiger partial charge in [-0.3, -0.25) is 0 Å². The van der Waals surface area contributed by atoms with E-state index in [0.29, 0.717) is 5.69 Å². The molecule has 0 aliphatic carbocycles. The Balaban J connectivity index is 0.000001000. The van der Waals surface area contributed by atoms with E-state index < -0.39 is 0 Å². The van der Waals surface area contributed by atoms with Crippen LogP contribution >= 0.6 is 32.9 Å². The summed E-state index contributed by atoms with van der Waals surface area (Å²) in [7, 11) is 0. The lowest BCUT2D eigenvalue weighted by molar-refractivity contribution is 1.22. The Hall–Kier alpha value is -0.400. The van der Waals surface area contributed by atoms with Gasteiger partial charge in [0.25, 0.3) is 0 Å². The standard InChI is InChI=1S/C7H5BrN2.BrH/c8-3-6-1-2-7(4-9)10-5-6;/h1-2,5H,3H2;1H. The Morgan fingerprint density at radius 1 is 1.55 bits per heavy atom. The second kappa shape index (κ2) is 5.28. The quantitative estimate of drug-likeness (QED) is 0.740. The maximum absolute atomic E-state index is 8.38. The van der Waals surface area contributed by atoms with E-state index in [0.717, 1.165) is 10.9 Å². The average molecular weight is 278 g/mol. The molecule has 0 aliphatic rings.